The van der Waals surface area contributed by atoms with Crippen LogP contribution < -0.4 is 4.74 Å². The van der Waals surface area contributed by atoms with Gasteiger partial charge in [-0.05, 0) is 66.1 Å². The number of rotatable bonds is 3. The molecule has 0 saturated heterocycles. The minimum absolute atomic E-state index is 0.140. The fourth-order valence-electron chi connectivity index (χ4n) is 3.36. The first-order chi connectivity index (χ1) is 11.8. The topological polar surface area (TPSA) is 46.5 Å². The van der Waals surface area contributed by atoms with Crippen LogP contribution in [0.3, 0.4) is 0 Å². The second kappa shape index (κ2) is 6.40. The molecule has 0 fully saturated rings. The third-order valence-corrected chi connectivity index (χ3v) is 5.01. The van der Waals surface area contributed by atoms with Crippen LogP contribution in [0.4, 0.5) is 0 Å². The number of fused-ring (bicyclic) bond motifs is 1. The van der Waals surface area contributed by atoms with Crippen LogP contribution in [0.2, 0.25) is 0 Å². The lowest BCUT2D eigenvalue weighted by atomic mass is 9.78. The molecule has 3 nitrogen and oxygen atoms in total. The van der Waals surface area contributed by atoms with E-state index in [0.717, 1.165) is 29.9 Å². The number of carboxylic acids is 1. The van der Waals surface area contributed by atoms with Crippen molar-refractivity contribution in [1.82, 2.24) is 0 Å². The van der Waals surface area contributed by atoms with Gasteiger partial charge in [0, 0.05) is 5.56 Å². The summed E-state index contributed by atoms with van der Waals surface area (Å²) in [4.78, 5) is 11.0. The van der Waals surface area contributed by atoms with Gasteiger partial charge >= 0.3 is 5.97 Å². The Kier molecular flexibility index (Phi) is 4.42. The number of aryl methyl sites for hydroxylation is 1. The Bertz CT molecular complexity index is 842. The van der Waals surface area contributed by atoms with E-state index in [4.69, 9.17) is 9.84 Å². The van der Waals surface area contributed by atoms with E-state index < -0.39 is 5.97 Å². The molecule has 3 heteroatoms. The van der Waals surface area contributed by atoms with E-state index in [1.165, 1.54) is 16.7 Å². The quantitative estimate of drug-likeness (QED) is 0.772. The summed E-state index contributed by atoms with van der Waals surface area (Å²) < 4.78 is 5.90. The summed E-state index contributed by atoms with van der Waals surface area (Å²) in [5.41, 5.74) is 6.23. The predicted molar refractivity (Wildman–Crippen MR) is 101 cm³/mol. The minimum Gasteiger partial charge on any atom is -0.493 e. The number of carboxylic acid groups (broad SMARTS) is 1. The van der Waals surface area contributed by atoms with Gasteiger partial charge in [0.1, 0.15) is 5.75 Å². The van der Waals surface area contributed by atoms with Crippen molar-refractivity contribution < 1.29 is 14.6 Å². The zero-order valence-corrected chi connectivity index (χ0v) is 15.2. The van der Waals surface area contributed by atoms with Crippen molar-refractivity contribution >= 4 is 17.6 Å². The van der Waals surface area contributed by atoms with E-state index in [1.807, 2.05) is 12.1 Å². The summed E-state index contributed by atoms with van der Waals surface area (Å²) in [5.74, 6) is 0.0726. The zero-order chi connectivity index (χ0) is 18.2. The first kappa shape index (κ1) is 17.3. The fraction of sp³-hybridized carbons (Fsp3) is 0.318. The molecule has 0 spiro atoms. The molecule has 0 aliphatic carbocycles. The summed E-state index contributed by atoms with van der Waals surface area (Å²) in [5, 5.41) is 9.00. The lowest BCUT2D eigenvalue weighted by Crippen LogP contribution is -2.26. The molecule has 0 atom stereocenters. The molecule has 0 amide bonds. The third kappa shape index (κ3) is 3.46. The van der Waals surface area contributed by atoms with E-state index in [1.54, 1.807) is 12.1 Å². The van der Waals surface area contributed by atoms with E-state index >= 15 is 0 Å². The molecule has 2 aromatic carbocycles. The normalized spacial score (nSPS) is 16.1. The number of benzene rings is 2. The monoisotopic (exact) mass is 336 g/mol. The molecule has 0 bridgehead atoms. The van der Waals surface area contributed by atoms with Crippen molar-refractivity contribution in [3.05, 3.63) is 64.2 Å². The molecule has 25 heavy (non-hydrogen) atoms. The Morgan fingerprint density at radius 1 is 1.20 bits per heavy atom. The maximum atomic E-state index is 11.0. The standard InChI is InChI=1S/C22H24O3/c1-14(11-16-5-7-17(8-6-16)21(23)24)18-13-20-19(12-15(18)2)22(3,4)9-10-25-20/h5-8,11-13H,9-10H2,1-4H3,(H,23,24)/b14-11+. The smallest absolute Gasteiger partial charge is 0.335 e. The van der Waals surface area contributed by atoms with E-state index in [0.29, 0.717) is 5.56 Å². The van der Waals surface area contributed by atoms with Crippen LogP contribution in [-0.2, 0) is 5.41 Å². The molecule has 130 valence electrons. The molecule has 0 aromatic heterocycles. The van der Waals surface area contributed by atoms with Gasteiger partial charge in [0.15, 0.2) is 0 Å². The van der Waals surface area contributed by atoms with Crippen molar-refractivity contribution in [3.63, 3.8) is 0 Å². The van der Waals surface area contributed by atoms with Crippen LogP contribution in [0, 0.1) is 6.92 Å². The Morgan fingerprint density at radius 2 is 1.88 bits per heavy atom. The first-order valence-electron chi connectivity index (χ1n) is 8.58. The predicted octanol–water partition coefficient (Wildman–Crippen LogP) is 5.31. The summed E-state index contributed by atoms with van der Waals surface area (Å²) in [6.07, 6.45) is 3.11. The summed E-state index contributed by atoms with van der Waals surface area (Å²) in [6, 6.07) is 11.3. The highest BCUT2D eigenvalue weighted by molar-refractivity contribution is 5.88. The van der Waals surface area contributed by atoms with Gasteiger partial charge in [-0.1, -0.05) is 38.1 Å². The van der Waals surface area contributed by atoms with E-state index in [9.17, 15) is 4.79 Å². The fourth-order valence-corrected chi connectivity index (χ4v) is 3.36. The number of carbonyl (C=O) groups is 1. The highest BCUT2D eigenvalue weighted by Crippen LogP contribution is 2.41. The van der Waals surface area contributed by atoms with Crippen LogP contribution in [0.1, 0.15) is 59.8 Å². The molecule has 2 aromatic rings. The maximum Gasteiger partial charge on any atom is 0.335 e. The molecule has 1 heterocycles. The number of aromatic carboxylic acids is 1. The van der Waals surface area contributed by atoms with Crippen LogP contribution in [0.15, 0.2) is 36.4 Å². The van der Waals surface area contributed by atoms with Crippen molar-refractivity contribution in [2.24, 2.45) is 0 Å². The average Bonchev–Trinajstić information content (AvgIpc) is 2.55. The van der Waals surface area contributed by atoms with Gasteiger partial charge in [-0.2, -0.15) is 0 Å². The lowest BCUT2D eigenvalue weighted by Gasteiger charge is -2.33. The van der Waals surface area contributed by atoms with Gasteiger partial charge in [0.05, 0.1) is 12.2 Å². The van der Waals surface area contributed by atoms with Gasteiger partial charge in [-0.25, -0.2) is 4.79 Å². The lowest BCUT2D eigenvalue weighted by molar-refractivity contribution is 0.0697. The van der Waals surface area contributed by atoms with Gasteiger partial charge in [-0.15, -0.1) is 0 Å². The van der Waals surface area contributed by atoms with Crippen LogP contribution in [0.5, 0.6) is 5.75 Å². The summed E-state index contributed by atoms with van der Waals surface area (Å²) in [7, 11) is 0. The second-order valence-electron chi connectivity index (χ2n) is 7.40. The molecule has 1 aliphatic heterocycles. The zero-order valence-electron chi connectivity index (χ0n) is 15.2. The molecule has 1 aliphatic rings. The Labute approximate surface area is 149 Å². The number of ether oxygens (including phenoxy) is 1. The van der Waals surface area contributed by atoms with Crippen molar-refractivity contribution in [1.29, 1.82) is 0 Å². The number of allylic oxidation sites excluding steroid dienone is 1. The minimum atomic E-state index is -0.905. The summed E-state index contributed by atoms with van der Waals surface area (Å²) >= 11 is 0. The average molecular weight is 336 g/mol. The van der Waals surface area contributed by atoms with Crippen LogP contribution in [-0.4, -0.2) is 17.7 Å². The largest absolute Gasteiger partial charge is 0.493 e. The van der Waals surface area contributed by atoms with Crippen molar-refractivity contribution in [3.8, 4) is 5.75 Å². The van der Waals surface area contributed by atoms with Gasteiger partial charge < -0.3 is 9.84 Å². The van der Waals surface area contributed by atoms with Crippen LogP contribution >= 0.6 is 0 Å². The molecule has 0 unspecified atom stereocenters. The van der Waals surface area contributed by atoms with Crippen LogP contribution in [0.25, 0.3) is 11.6 Å². The third-order valence-electron chi connectivity index (χ3n) is 5.01. The molecule has 0 saturated carbocycles. The Morgan fingerprint density at radius 3 is 2.52 bits per heavy atom. The molecule has 0 radical (unpaired) electrons. The van der Waals surface area contributed by atoms with Crippen molar-refractivity contribution in [2.45, 2.75) is 39.5 Å². The van der Waals surface area contributed by atoms with Crippen molar-refractivity contribution in [2.75, 3.05) is 6.61 Å². The highest BCUT2D eigenvalue weighted by atomic mass is 16.5. The van der Waals surface area contributed by atoms with Gasteiger partial charge in [0.2, 0.25) is 0 Å². The maximum absolute atomic E-state index is 11.0. The number of hydrogen-bond donors (Lipinski definition) is 1. The summed E-state index contributed by atoms with van der Waals surface area (Å²) in [6.45, 7) is 9.49. The number of hydrogen-bond acceptors (Lipinski definition) is 2. The Balaban J connectivity index is 1.97. The Hall–Kier alpha value is -2.55. The molecule has 3 rings (SSSR count). The van der Waals surface area contributed by atoms with E-state index in [2.05, 4.69) is 45.9 Å². The second-order valence-corrected chi connectivity index (χ2v) is 7.40. The first-order valence-corrected chi connectivity index (χ1v) is 8.58. The highest BCUT2D eigenvalue weighted by Gasteiger charge is 2.29. The van der Waals surface area contributed by atoms with E-state index in [-0.39, 0.29) is 5.41 Å². The van der Waals surface area contributed by atoms with Gasteiger partial charge in [0.25, 0.3) is 0 Å². The van der Waals surface area contributed by atoms with Gasteiger partial charge in [-0.3, -0.25) is 0 Å². The molecular formula is C22H24O3. The molecule has 1 N–H and O–H groups in total. The molecular weight excluding hydrogens is 312 g/mol. The SMILES string of the molecule is C/C(=C\c1ccc(C(=O)O)cc1)c1cc2c(cc1C)C(C)(C)CCO2.